The summed E-state index contributed by atoms with van der Waals surface area (Å²) < 4.78 is 9.62. The predicted octanol–water partition coefficient (Wildman–Crippen LogP) is 3.17. The normalized spacial score (nSPS) is 23.1. The van der Waals surface area contributed by atoms with Crippen molar-refractivity contribution in [2.45, 2.75) is 58.8 Å². The third-order valence-corrected chi connectivity index (χ3v) is 11.1. The average molecular weight is 676 g/mol. The summed E-state index contributed by atoms with van der Waals surface area (Å²) in [6.45, 7) is 11.5. The first kappa shape index (κ1) is 32.7. The summed E-state index contributed by atoms with van der Waals surface area (Å²) in [6, 6.07) is 10.1. The molecule has 258 valence electrons. The maximum Gasteiger partial charge on any atom is 0.481 e. The summed E-state index contributed by atoms with van der Waals surface area (Å²) in [5, 5.41) is 13.9. The molecule has 4 aromatic rings. The smallest absolute Gasteiger partial charge is 0.392 e. The maximum atomic E-state index is 13.9. The number of quaternary nitrogens is 1. The molecule has 1 aliphatic carbocycles. The van der Waals surface area contributed by atoms with Gasteiger partial charge in [-0.1, -0.05) is 13.8 Å². The Morgan fingerprint density at radius 1 is 1.10 bits per heavy atom. The molecule has 0 spiro atoms. The first-order valence-corrected chi connectivity index (χ1v) is 17.5. The van der Waals surface area contributed by atoms with Crippen molar-refractivity contribution < 1.29 is 19.0 Å². The van der Waals surface area contributed by atoms with Gasteiger partial charge in [-0.05, 0) is 66.6 Å². The van der Waals surface area contributed by atoms with Gasteiger partial charge in [-0.15, -0.1) is 0 Å². The molecule has 0 aromatic carbocycles. The van der Waals surface area contributed by atoms with Crippen molar-refractivity contribution in [1.82, 2.24) is 19.1 Å². The van der Waals surface area contributed by atoms with Gasteiger partial charge in [0.05, 0.1) is 57.4 Å². The minimum absolute atomic E-state index is 0.117. The first-order valence-electron chi connectivity index (χ1n) is 17.5. The van der Waals surface area contributed by atoms with E-state index in [0.29, 0.717) is 63.2 Å². The summed E-state index contributed by atoms with van der Waals surface area (Å²) in [4.78, 5) is 40.5. The zero-order chi connectivity index (χ0) is 34.9. The number of pyridine rings is 3. The Balaban J connectivity index is 1.03. The van der Waals surface area contributed by atoms with Crippen LogP contribution in [-0.2, 0) is 37.8 Å². The van der Waals surface area contributed by atoms with Crippen LogP contribution in [0, 0.1) is 5.41 Å². The number of aliphatic hydroxyl groups is 1. The molecule has 4 aromatic heterocycles. The molecule has 2 saturated heterocycles. The molecule has 0 bridgehead atoms. The Morgan fingerprint density at radius 2 is 1.92 bits per heavy atom. The van der Waals surface area contributed by atoms with Crippen molar-refractivity contribution in [2.24, 2.45) is 12.5 Å². The lowest BCUT2D eigenvalue weighted by Crippen LogP contribution is -2.70. The van der Waals surface area contributed by atoms with Crippen LogP contribution >= 0.6 is 0 Å². The van der Waals surface area contributed by atoms with Gasteiger partial charge < -0.3 is 33.6 Å². The van der Waals surface area contributed by atoms with Gasteiger partial charge >= 0.3 is 7.98 Å². The van der Waals surface area contributed by atoms with E-state index < -0.39 is 0 Å². The van der Waals surface area contributed by atoms with Gasteiger partial charge in [0.2, 0.25) is 0 Å². The van der Waals surface area contributed by atoms with E-state index in [0.717, 1.165) is 51.4 Å². The van der Waals surface area contributed by atoms with Gasteiger partial charge in [0.1, 0.15) is 29.1 Å². The largest absolute Gasteiger partial charge is 0.481 e. The van der Waals surface area contributed by atoms with Gasteiger partial charge in [0.15, 0.2) is 0 Å². The van der Waals surface area contributed by atoms with E-state index >= 15 is 0 Å². The number of hydrogen-bond acceptors (Lipinski definition) is 8. The number of amides is 1. The molecule has 4 aliphatic rings. The summed E-state index contributed by atoms with van der Waals surface area (Å²) in [6.07, 6.45) is 7.13. The highest BCUT2D eigenvalue weighted by atomic mass is 16.5. The van der Waals surface area contributed by atoms with Gasteiger partial charge in [-0.25, -0.2) is 9.97 Å². The zero-order valence-electron chi connectivity index (χ0n) is 29.2. The SMILES string of the molecule is [B][N+]1(C2COC2)CCN(c2ccc(Nc3cc(-c4ccnc(N5CCn6c(cc7c6CC(C)(C)C7)C5=O)c4CO)cn(C)c3=O)nc2)[C@@H](C)C1. The number of fused-ring (bicyclic) bond motifs is 3. The number of hydrogen-bond donors (Lipinski definition) is 2. The van der Waals surface area contributed by atoms with Crippen LogP contribution in [0.1, 0.15) is 48.1 Å². The second kappa shape index (κ2) is 12.1. The number of piperazine rings is 1. The number of aryl methyl sites for hydroxylation is 1. The summed E-state index contributed by atoms with van der Waals surface area (Å²) in [5.41, 5.74) is 6.44. The minimum Gasteiger partial charge on any atom is -0.392 e. The van der Waals surface area contributed by atoms with E-state index in [1.807, 2.05) is 30.5 Å². The van der Waals surface area contributed by atoms with E-state index in [4.69, 9.17) is 12.7 Å². The topological polar surface area (TPSA) is 118 Å². The molecule has 7 heterocycles. The highest BCUT2D eigenvalue weighted by molar-refractivity contribution is 6.06. The molecular weight excluding hydrogens is 631 g/mol. The van der Waals surface area contributed by atoms with Crippen LogP contribution in [0.25, 0.3) is 11.1 Å². The van der Waals surface area contributed by atoms with Crippen molar-refractivity contribution in [3.05, 3.63) is 81.8 Å². The molecule has 1 amide bonds. The van der Waals surface area contributed by atoms with Crippen molar-refractivity contribution in [3.63, 3.8) is 0 Å². The number of nitrogens with one attached hydrogen (secondary N) is 1. The molecule has 2 radical (unpaired) electrons. The molecule has 0 saturated carbocycles. The molecule has 8 rings (SSSR count). The number of aromatic nitrogens is 4. The zero-order valence-corrected chi connectivity index (χ0v) is 29.2. The van der Waals surface area contributed by atoms with Crippen molar-refractivity contribution >= 4 is 36.9 Å². The minimum atomic E-state index is -0.323. The molecule has 2 atom stereocenters. The summed E-state index contributed by atoms with van der Waals surface area (Å²) >= 11 is 0. The van der Waals surface area contributed by atoms with Gasteiger partial charge in [-0.2, -0.15) is 0 Å². The lowest BCUT2D eigenvalue weighted by Gasteiger charge is -2.53. The average Bonchev–Trinajstić information content (AvgIpc) is 3.54. The van der Waals surface area contributed by atoms with Crippen LogP contribution in [0.3, 0.4) is 0 Å². The lowest BCUT2D eigenvalue weighted by molar-refractivity contribution is -0.858. The third kappa shape index (κ3) is 5.52. The second-order valence-corrected chi connectivity index (χ2v) is 15.3. The third-order valence-electron chi connectivity index (χ3n) is 11.1. The van der Waals surface area contributed by atoms with Crippen LogP contribution < -0.4 is 20.7 Å². The second-order valence-electron chi connectivity index (χ2n) is 15.3. The fourth-order valence-electron chi connectivity index (χ4n) is 8.40. The molecule has 1 unspecified atom stereocenters. The molecule has 13 heteroatoms. The molecule has 12 nitrogen and oxygen atoms in total. The Morgan fingerprint density at radius 3 is 2.62 bits per heavy atom. The maximum absolute atomic E-state index is 13.9. The predicted molar refractivity (Wildman–Crippen MR) is 193 cm³/mol. The van der Waals surface area contributed by atoms with Gasteiger partial charge in [-0.3, -0.25) is 14.5 Å². The Kier molecular flexibility index (Phi) is 7.92. The summed E-state index contributed by atoms with van der Waals surface area (Å²) in [7, 11) is 8.43. The van der Waals surface area contributed by atoms with E-state index in [9.17, 15) is 14.7 Å². The van der Waals surface area contributed by atoms with E-state index in [1.54, 1.807) is 30.4 Å². The van der Waals surface area contributed by atoms with Crippen molar-refractivity contribution in [1.29, 1.82) is 0 Å². The van der Waals surface area contributed by atoms with Crippen LogP contribution in [0.4, 0.5) is 23.0 Å². The van der Waals surface area contributed by atoms with E-state index in [1.165, 1.54) is 15.8 Å². The fourth-order valence-corrected chi connectivity index (χ4v) is 8.40. The molecule has 50 heavy (non-hydrogen) atoms. The molecule has 3 aliphatic heterocycles. The quantitative estimate of drug-likeness (QED) is 0.287. The number of nitrogens with zero attached hydrogens (tertiary/aromatic N) is 7. The van der Waals surface area contributed by atoms with Crippen molar-refractivity contribution in [2.75, 3.05) is 54.5 Å². The number of carbonyl (C=O) groups is 1. The lowest BCUT2D eigenvalue weighted by atomic mass is 9.90. The monoisotopic (exact) mass is 675 g/mol. The van der Waals surface area contributed by atoms with Crippen LogP contribution in [0.15, 0.2) is 53.7 Å². The number of anilines is 4. The fraction of sp³-hybridized carbons (Fsp3) is 0.459. The first-order chi connectivity index (χ1) is 23.9. The Hall–Kier alpha value is -4.46. The standard InChI is InChI=1S/C37H44BN8O4/c1-23-19-46(38,27-21-50-22-27)12-11-43(23)26-5-6-33(40-17-26)41-30-13-25(18-42(4)35(30)48)28-7-8-39-34(29(28)20-47)45-10-9-44-31(36(45)49)14-24-15-37(2,3)16-32(24)44/h5-8,13-14,17-18,23,27,47H,9-12,15-16,19-22H2,1-4H3,(H,40,41)/q+1/t23-,46?/m0/s1. The number of rotatable bonds is 7. The van der Waals surface area contributed by atoms with Crippen LogP contribution in [-0.4, -0.2) is 94.0 Å². The highest BCUT2D eigenvalue weighted by Crippen LogP contribution is 2.40. The van der Waals surface area contributed by atoms with Gasteiger partial charge in [0.25, 0.3) is 11.5 Å². The summed E-state index contributed by atoms with van der Waals surface area (Å²) in [5.74, 6) is 0.855. The Bertz CT molecular complexity index is 2040. The van der Waals surface area contributed by atoms with Crippen LogP contribution in [0.5, 0.6) is 0 Å². The molecule has 2 N–H and O–H groups in total. The van der Waals surface area contributed by atoms with E-state index in [2.05, 4.69) is 45.5 Å². The van der Waals surface area contributed by atoms with Gasteiger partial charge in [0, 0.05) is 49.4 Å². The van der Waals surface area contributed by atoms with Crippen molar-refractivity contribution in [3.8, 4) is 11.1 Å². The highest BCUT2D eigenvalue weighted by Gasteiger charge is 2.43. The Labute approximate surface area is 293 Å². The van der Waals surface area contributed by atoms with Crippen LogP contribution in [0.2, 0.25) is 0 Å². The van der Waals surface area contributed by atoms with E-state index in [-0.39, 0.29) is 29.5 Å². The number of carbonyl (C=O) groups excluding carboxylic acids is 1. The molecule has 2 fully saturated rings. The number of aliphatic hydroxyl groups excluding tert-OH is 1. The molecular formula is C37H44BN8O4+. The number of ether oxygens (including phenoxy) is 1.